The fourth-order valence-corrected chi connectivity index (χ4v) is 0.904. The minimum atomic E-state index is 0.118. The van der Waals surface area contributed by atoms with Gasteiger partial charge in [-0.05, 0) is 13.8 Å². The third-order valence-electron chi connectivity index (χ3n) is 2.21. The van der Waals surface area contributed by atoms with Crippen LogP contribution >= 0.6 is 0 Å². The van der Waals surface area contributed by atoms with Crippen LogP contribution in [0.25, 0.3) is 0 Å². The predicted octanol–water partition coefficient (Wildman–Crippen LogP) is 1.60. The number of aliphatic hydroxyl groups is 1. The van der Waals surface area contributed by atoms with E-state index in [1.807, 2.05) is 19.9 Å². The first-order valence-electron chi connectivity index (χ1n) is 3.93. The molecule has 0 aromatic rings. The van der Waals surface area contributed by atoms with Crippen LogP contribution < -0.4 is 0 Å². The second kappa shape index (κ2) is 5.33. The molecular weight excluding hydrogens is 140 g/mol. The van der Waals surface area contributed by atoms with Crippen molar-refractivity contribution in [2.45, 2.75) is 26.9 Å². The Morgan fingerprint density at radius 1 is 1.55 bits per heavy atom. The van der Waals surface area contributed by atoms with Crippen molar-refractivity contribution in [2.75, 3.05) is 13.7 Å². The van der Waals surface area contributed by atoms with Gasteiger partial charge in [-0.2, -0.15) is 0 Å². The number of methoxy groups -OCH3 is 1. The second-order valence-corrected chi connectivity index (χ2v) is 2.86. The molecular formula is C9H18O2. The maximum Gasteiger partial charge on any atom is 0.0615 e. The van der Waals surface area contributed by atoms with E-state index in [4.69, 9.17) is 9.84 Å². The molecule has 2 nitrogen and oxygen atoms in total. The second-order valence-electron chi connectivity index (χ2n) is 2.86. The maximum absolute atomic E-state index is 8.62. The van der Waals surface area contributed by atoms with Crippen molar-refractivity contribution in [3.63, 3.8) is 0 Å². The Morgan fingerprint density at radius 2 is 2.09 bits per heavy atom. The Morgan fingerprint density at radius 3 is 2.45 bits per heavy atom. The zero-order valence-electron chi connectivity index (χ0n) is 7.79. The molecule has 0 radical (unpaired) electrons. The topological polar surface area (TPSA) is 29.5 Å². The molecule has 2 unspecified atom stereocenters. The lowest BCUT2D eigenvalue weighted by atomic mass is 9.97. The van der Waals surface area contributed by atoms with Crippen molar-refractivity contribution < 1.29 is 9.84 Å². The summed E-state index contributed by atoms with van der Waals surface area (Å²) in [5.41, 5.74) is 1.18. The van der Waals surface area contributed by atoms with E-state index in [9.17, 15) is 0 Å². The van der Waals surface area contributed by atoms with Crippen LogP contribution in [-0.2, 0) is 4.74 Å². The van der Waals surface area contributed by atoms with E-state index in [2.05, 4.69) is 6.92 Å². The molecule has 0 fully saturated rings. The van der Waals surface area contributed by atoms with E-state index >= 15 is 0 Å². The third kappa shape index (κ3) is 3.54. The lowest BCUT2D eigenvalue weighted by Crippen LogP contribution is -2.17. The Bertz CT molecular complexity index is 130. The van der Waals surface area contributed by atoms with Gasteiger partial charge in [0.25, 0.3) is 0 Å². The average Bonchev–Trinajstić information content (AvgIpc) is 2.02. The summed E-state index contributed by atoms with van der Waals surface area (Å²) in [6.07, 6.45) is 2.04. The number of hydrogen-bond acceptors (Lipinski definition) is 2. The highest BCUT2D eigenvalue weighted by molar-refractivity contribution is 5.03. The van der Waals surface area contributed by atoms with Crippen molar-refractivity contribution in [3.05, 3.63) is 11.6 Å². The van der Waals surface area contributed by atoms with Gasteiger partial charge in [0, 0.05) is 13.0 Å². The quantitative estimate of drug-likeness (QED) is 0.630. The van der Waals surface area contributed by atoms with Crippen LogP contribution in [0.15, 0.2) is 11.6 Å². The Hall–Kier alpha value is -0.340. The molecule has 0 amide bonds. The fourth-order valence-electron chi connectivity index (χ4n) is 0.904. The largest absolute Gasteiger partial charge is 0.392 e. The molecule has 0 heterocycles. The van der Waals surface area contributed by atoms with Gasteiger partial charge in [-0.1, -0.05) is 18.6 Å². The molecule has 2 atom stereocenters. The molecule has 0 aromatic heterocycles. The van der Waals surface area contributed by atoms with Crippen LogP contribution in [0.1, 0.15) is 20.8 Å². The summed E-state index contributed by atoms with van der Waals surface area (Å²) in [4.78, 5) is 0. The Labute approximate surface area is 68.9 Å². The molecule has 0 rings (SSSR count). The zero-order valence-corrected chi connectivity index (χ0v) is 7.79. The SMILES string of the molecule is COC(C)C(C)C(C)=CCO. The number of aliphatic hydroxyl groups excluding tert-OH is 1. The molecule has 0 aliphatic carbocycles. The first kappa shape index (κ1) is 10.7. The summed E-state index contributed by atoms with van der Waals surface area (Å²) >= 11 is 0. The van der Waals surface area contributed by atoms with Crippen LogP contribution in [0.3, 0.4) is 0 Å². The summed E-state index contributed by atoms with van der Waals surface area (Å²) in [5.74, 6) is 0.382. The third-order valence-corrected chi connectivity index (χ3v) is 2.21. The van der Waals surface area contributed by atoms with E-state index in [0.717, 1.165) is 0 Å². The molecule has 0 aliphatic rings. The van der Waals surface area contributed by atoms with Crippen molar-refractivity contribution in [1.29, 1.82) is 0 Å². The summed E-state index contributed by atoms with van der Waals surface area (Å²) in [6.45, 7) is 6.25. The highest BCUT2D eigenvalue weighted by Crippen LogP contribution is 2.15. The summed E-state index contributed by atoms with van der Waals surface area (Å²) in [7, 11) is 1.70. The molecule has 0 bridgehead atoms. The van der Waals surface area contributed by atoms with Crippen LogP contribution in [0.2, 0.25) is 0 Å². The van der Waals surface area contributed by atoms with Gasteiger partial charge in [0.05, 0.1) is 12.7 Å². The molecule has 0 aliphatic heterocycles. The van der Waals surface area contributed by atoms with Crippen molar-refractivity contribution in [3.8, 4) is 0 Å². The van der Waals surface area contributed by atoms with Crippen molar-refractivity contribution >= 4 is 0 Å². The number of rotatable bonds is 4. The first-order chi connectivity index (χ1) is 5.13. The van der Waals surface area contributed by atoms with Gasteiger partial charge < -0.3 is 9.84 Å². The molecule has 0 spiro atoms. The highest BCUT2D eigenvalue weighted by Gasteiger charge is 2.11. The minimum Gasteiger partial charge on any atom is -0.392 e. The maximum atomic E-state index is 8.62. The predicted molar refractivity (Wildman–Crippen MR) is 46.5 cm³/mol. The van der Waals surface area contributed by atoms with Crippen molar-refractivity contribution in [2.24, 2.45) is 5.92 Å². The van der Waals surface area contributed by atoms with Crippen LogP contribution in [0.4, 0.5) is 0 Å². The lowest BCUT2D eigenvalue weighted by molar-refractivity contribution is 0.0859. The highest BCUT2D eigenvalue weighted by atomic mass is 16.5. The molecule has 11 heavy (non-hydrogen) atoms. The lowest BCUT2D eigenvalue weighted by Gasteiger charge is -2.18. The fraction of sp³-hybridized carbons (Fsp3) is 0.778. The summed E-state index contributed by atoms with van der Waals surface area (Å²) in [5, 5.41) is 8.62. The molecule has 1 N–H and O–H groups in total. The van der Waals surface area contributed by atoms with Gasteiger partial charge in [-0.25, -0.2) is 0 Å². The number of hydrogen-bond donors (Lipinski definition) is 1. The van der Waals surface area contributed by atoms with E-state index in [0.29, 0.717) is 5.92 Å². The molecule has 2 heteroatoms. The Kier molecular flexibility index (Phi) is 5.16. The minimum absolute atomic E-state index is 0.118. The number of ether oxygens (including phenoxy) is 1. The van der Waals surface area contributed by atoms with Crippen LogP contribution in [-0.4, -0.2) is 24.9 Å². The normalized spacial score (nSPS) is 18.1. The van der Waals surface area contributed by atoms with Crippen molar-refractivity contribution in [1.82, 2.24) is 0 Å². The average molecular weight is 158 g/mol. The van der Waals surface area contributed by atoms with Crippen LogP contribution in [0.5, 0.6) is 0 Å². The van der Waals surface area contributed by atoms with Gasteiger partial charge in [-0.3, -0.25) is 0 Å². The molecule has 0 saturated carbocycles. The Balaban J connectivity index is 4.00. The van der Waals surface area contributed by atoms with Gasteiger partial charge in [0.15, 0.2) is 0 Å². The standard InChI is InChI=1S/C9H18O2/c1-7(5-6-10)8(2)9(3)11-4/h5,8-10H,6H2,1-4H3. The zero-order chi connectivity index (χ0) is 8.85. The van der Waals surface area contributed by atoms with Gasteiger partial charge in [0.2, 0.25) is 0 Å². The van der Waals surface area contributed by atoms with E-state index in [1.54, 1.807) is 7.11 Å². The molecule has 0 aromatic carbocycles. The summed E-state index contributed by atoms with van der Waals surface area (Å²) in [6, 6.07) is 0. The van der Waals surface area contributed by atoms with Gasteiger partial charge in [-0.15, -0.1) is 0 Å². The van der Waals surface area contributed by atoms with Gasteiger partial charge >= 0.3 is 0 Å². The van der Waals surface area contributed by atoms with Gasteiger partial charge in [0.1, 0.15) is 0 Å². The first-order valence-corrected chi connectivity index (χ1v) is 3.93. The summed E-state index contributed by atoms with van der Waals surface area (Å²) < 4.78 is 5.16. The van der Waals surface area contributed by atoms with E-state index in [1.165, 1.54) is 5.57 Å². The molecule has 66 valence electrons. The monoisotopic (exact) mass is 158 g/mol. The molecule has 0 saturated heterocycles. The van der Waals surface area contributed by atoms with E-state index < -0.39 is 0 Å². The van der Waals surface area contributed by atoms with E-state index in [-0.39, 0.29) is 12.7 Å². The van der Waals surface area contributed by atoms with Crippen LogP contribution in [0, 0.1) is 5.92 Å². The smallest absolute Gasteiger partial charge is 0.0615 e.